The molecule has 2 unspecified atom stereocenters. The first-order valence-corrected chi connectivity index (χ1v) is 7.70. The number of aliphatic carboxylic acids is 1. The van der Waals surface area contributed by atoms with Crippen LogP contribution < -0.4 is 4.74 Å². The molecule has 1 aliphatic carbocycles. The Bertz CT molecular complexity index is 501. The Balaban J connectivity index is 2.25. The van der Waals surface area contributed by atoms with Crippen molar-refractivity contribution in [2.24, 2.45) is 5.92 Å². The number of aryl methyl sites for hydroxylation is 1. The van der Waals surface area contributed by atoms with Gasteiger partial charge in [-0.05, 0) is 49.1 Å². The molecule has 0 amide bonds. The van der Waals surface area contributed by atoms with Gasteiger partial charge in [0.15, 0.2) is 0 Å². The summed E-state index contributed by atoms with van der Waals surface area (Å²) in [5, 5.41) is 9.16. The molecule has 1 N–H and O–H groups in total. The van der Waals surface area contributed by atoms with E-state index >= 15 is 0 Å². The molecule has 116 valence electrons. The van der Waals surface area contributed by atoms with E-state index in [0.29, 0.717) is 12.6 Å². The highest BCUT2D eigenvalue weighted by molar-refractivity contribution is 5.69. The zero-order valence-corrected chi connectivity index (χ0v) is 13.1. The maximum absolute atomic E-state index is 11.1. The van der Waals surface area contributed by atoms with Crippen molar-refractivity contribution in [2.75, 3.05) is 20.2 Å². The van der Waals surface area contributed by atoms with Gasteiger partial charge in [-0.3, -0.25) is 9.69 Å². The Labute approximate surface area is 126 Å². The van der Waals surface area contributed by atoms with Gasteiger partial charge in [-0.25, -0.2) is 0 Å². The van der Waals surface area contributed by atoms with Gasteiger partial charge in [-0.15, -0.1) is 0 Å². The normalized spacial score (nSPS) is 19.1. The molecule has 2 atom stereocenters. The first-order valence-electron chi connectivity index (χ1n) is 7.70. The molecule has 0 radical (unpaired) electrons. The number of hydrogen-bond donors (Lipinski definition) is 1. The molecule has 4 nitrogen and oxygen atoms in total. The van der Waals surface area contributed by atoms with Crippen LogP contribution in [-0.4, -0.2) is 36.2 Å². The maximum atomic E-state index is 11.1. The van der Waals surface area contributed by atoms with Crippen molar-refractivity contribution in [3.05, 3.63) is 29.3 Å². The summed E-state index contributed by atoms with van der Waals surface area (Å²) in [7, 11) is 1.68. The molecule has 1 aromatic rings. The molecule has 0 saturated heterocycles. The van der Waals surface area contributed by atoms with Crippen LogP contribution in [0.5, 0.6) is 5.75 Å². The van der Waals surface area contributed by atoms with Gasteiger partial charge in [0.25, 0.3) is 0 Å². The van der Waals surface area contributed by atoms with E-state index in [-0.39, 0.29) is 5.92 Å². The zero-order valence-electron chi connectivity index (χ0n) is 13.1. The SMILES string of the molecule is CCN(CC(C)C(=O)O)C1CCCc2ccc(OC)cc21. The highest BCUT2D eigenvalue weighted by Gasteiger charge is 2.27. The van der Waals surface area contributed by atoms with E-state index in [1.807, 2.05) is 6.07 Å². The number of hydrogen-bond acceptors (Lipinski definition) is 3. The molecule has 0 spiro atoms. The minimum atomic E-state index is -0.727. The largest absolute Gasteiger partial charge is 0.497 e. The van der Waals surface area contributed by atoms with Crippen LogP contribution in [0, 0.1) is 5.92 Å². The maximum Gasteiger partial charge on any atom is 0.307 e. The average molecular weight is 291 g/mol. The number of carbonyl (C=O) groups is 1. The quantitative estimate of drug-likeness (QED) is 0.875. The molecule has 1 aliphatic rings. The van der Waals surface area contributed by atoms with Crippen LogP contribution in [0.15, 0.2) is 18.2 Å². The Morgan fingerprint density at radius 3 is 2.90 bits per heavy atom. The van der Waals surface area contributed by atoms with Gasteiger partial charge in [-0.2, -0.15) is 0 Å². The predicted octanol–water partition coefficient (Wildman–Crippen LogP) is 3.12. The number of carboxylic acids is 1. The van der Waals surface area contributed by atoms with Crippen LogP contribution in [0.3, 0.4) is 0 Å². The van der Waals surface area contributed by atoms with Crippen LogP contribution in [0.4, 0.5) is 0 Å². The van der Waals surface area contributed by atoms with Crippen molar-refractivity contribution in [3.8, 4) is 5.75 Å². The van der Waals surface area contributed by atoms with Gasteiger partial charge in [0.1, 0.15) is 5.75 Å². The van der Waals surface area contributed by atoms with E-state index in [9.17, 15) is 4.79 Å². The monoisotopic (exact) mass is 291 g/mol. The van der Waals surface area contributed by atoms with Crippen LogP contribution in [0.1, 0.15) is 43.9 Å². The lowest BCUT2D eigenvalue weighted by molar-refractivity contribution is -0.142. The number of benzene rings is 1. The Hall–Kier alpha value is -1.55. The van der Waals surface area contributed by atoms with Crippen molar-refractivity contribution < 1.29 is 14.6 Å². The third-order valence-electron chi connectivity index (χ3n) is 4.41. The van der Waals surface area contributed by atoms with Gasteiger partial charge in [0.05, 0.1) is 13.0 Å². The minimum Gasteiger partial charge on any atom is -0.497 e. The fraction of sp³-hybridized carbons (Fsp3) is 0.588. The summed E-state index contributed by atoms with van der Waals surface area (Å²) in [5.74, 6) is -0.195. The molecule has 0 saturated carbocycles. The third kappa shape index (κ3) is 3.56. The molecule has 1 aromatic carbocycles. The van der Waals surface area contributed by atoms with Crippen molar-refractivity contribution in [1.29, 1.82) is 0 Å². The van der Waals surface area contributed by atoms with Crippen molar-refractivity contribution in [2.45, 2.75) is 39.2 Å². The number of fused-ring (bicyclic) bond motifs is 1. The molecular weight excluding hydrogens is 266 g/mol. The van der Waals surface area contributed by atoms with E-state index in [1.54, 1.807) is 14.0 Å². The molecule has 0 bridgehead atoms. The third-order valence-corrected chi connectivity index (χ3v) is 4.41. The summed E-state index contributed by atoms with van der Waals surface area (Å²) >= 11 is 0. The van der Waals surface area contributed by atoms with Gasteiger partial charge < -0.3 is 9.84 Å². The second-order valence-corrected chi connectivity index (χ2v) is 5.80. The molecule has 0 aliphatic heterocycles. The number of nitrogens with zero attached hydrogens (tertiary/aromatic N) is 1. The number of rotatable bonds is 6. The van der Waals surface area contributed by atoms with Gasteiger partial charge in [-0.1, -0.05) is 19.9 Å². The molecule has 4 heteroatoms. The Morgan fingerprint density at radius 1 is 1.52 bits per heavy atom. The van der Waals surface area contributed by atoms with Crippen LogP contribution in [0.25, 0.3) is 0 Å². The van der Waals surface area contributed by atoms with Gasteiger partial charge >= 0.3 is 5.97 Å². The Morgan fingerprint density at radius 2 is 2.29 bits per heavy atom. The molecule has 21 heavy (non-hydrogen) atoms. The van der Waals surface area contributed by atoms with E-state index < -0.39 is 5.97 Å². The summed E-state index contributed by atoms with van der Waals surface area (Å²) in [6.07, 6.45) is 3.34. The molecule has 0 fully saturated rings. The van der Waals surface area contributed by atoms with Gasteiger partial charge in [0, 0.05) is 12.6 Å². The summed E-state index contributed by atoms with van der Waals surface area (Å²) in [6, 6.07) is 6.58. The lowest BCUT2D eigenvalue weighted by atomic mass is 9.86. The lowest BCUT2D eigenvalue weighted by Gasteiger charge is -2.36. The second-order valence-electron chi connectivity index (χ2n) is 5.80. The van der Waals surface area contributed by atoms with Crippen LogP contribution >= 0.6 is 0 Å². The van der Waals surface area contributed by atoms with Crippen LogP contribution in [-0.2, 0) is 11.2 Å². The highest BCUT2D eigenvalue weighted by Crippen LogP contribution is 2.36. The van der Waals surface area contributed by atoms with E-state index in [2.05, 4.69) is 24.0 Å². The first kappa shape index (κ1) is 15.8. The molecular formula is C17H25NO3. The smallest absolute Gasteiger partial charge is 0.307 e. The van der Waals surface area contributed by atoms with Crippen LogP contribution in [0.2, 0.25) is 0 Å². The lowest BCUT2D eigenvalue weighted by Crippen LogP contribution is -2.36. The van der Waals surface area contributed by atoms with Crippen molar-refractivity contribution >= 4 is 5.97 Å². The topological polar surface area (TPSA) is 49.8 Å². The summed E-state index contributed by atoms with van der Waals surface area (Å²) in [4.78, 5) is 13.4. The second kappa shape index (κ2) is 6.94. The van der Waals surface area contributed by atoms with E-state index in [4.69, 9.17) is 9.84 Å². The van der Waals surface area contributed by atoms with Crippen molar-refractivity contribution in [1.82, 2.24) is 4.90 Å². The number of methoxy groups -OCH3 is 1. The van der Waals surface area contributed by atoms with Crippen molar-refractivity contribution in [3.63, 3.8) is 0 Å². The fourth-order valence-electron chi connectivity index (χ4n) is 3.17. The molecule has 0 aromatic heterocycles. The predicted molar refractivity (Wildman–Crippen MR) is 82.7 cm³/mol. The summed E-state index contributed by atoms with van der Waals surface area (Å²) in [6.45, 7) is 5.33. The minimum absolute atomic E-state index is 0.302. The fourth-order valence-corrected chi connectivity index (χ4v) is 3.17. The number of carboxylic acid groups (broad SMARTS) is 1. The highest BCUT2D eigenvalue weighted by atomic mass is 16.5. The molecule has 0 heterocycles. The summed E-state index contributed by atoms with van der Waals surface area (Å²) < 4.78 is 5.35. The first-order chi connectivity index (χ1) is 10.1. The Kier molecular flexibility index (Phi) is 5.23. The van der Waals surface area contributed by atoms with Gasteiger partial charge in [0.2, 0.25) is 0 Å². The van der Waals surface area contributed by atoms with E-state index in [1.165, 1.54) is 11.1 Å². The average Bonchev–Trinajstić information content (AvgIpc) is 2.51. The number of ether oxygens (including phenoxy) is 1. The zero-order chi connectivity index (χ0) is 15.4. The standard InChI is InChI=1S/C17H25NO3/c1-4-18(11-12(2)17(19)20)16-7-5-6-13-8-9-14(21-3)10-15(13)16/h8-10,12,16H,4-7,11H2,1-3H3,(H,19,20). The summed E-state index contributed by atoms with van der Waals surface area (Å²) in [5.41, 5.74) is 2.67. The van der Waals surface area contributed by atoms with E-state index in [0.717, 1.165) is 31.6 Å². The molecule has 2 rings (SSSR count).